The van der Waals surface area contributed by atoms with Gasteiger partial charge in [0.1, 0.15) is 11.3 Å². The lowest BCUT2D eigenvalue weighted by molar-refractivity contribution is 0.289. The third-order valence-corrected chi connectivity index (χ3v) is 5.22. The van der Waals surface area contributed by atoms with Crippen molar-refractivity contribution in [1.29, 1.82) is 0 Å². The Labute approximate surface area is 134 Å². The molecule has 0 saturated carbocycles. The van der Waals surface area contributed by atoms with Crippen molar-refractivity contribution in [2.24, 2.45) is 0 Å². The molecule has 21 heavy (non-hydrogen) atoms. The van der Waals surface area contributed by atoms with E-state index in [1.54, 1.807) is 0 Å². The van der Waals surface area contributed by atoms with E-state index in [4.69, 9.17) is 11.6 Å². The van der Waals surface area contributed by atoms with Crippen molar-refractivity contribution in [3.05, 3.63) is 11.5 Å². The topological polar surface area (TPSA) is 38.9 Å². The van der Waals surface area contributed by atoms with Crippen LogP contribution in [-0.4, -0.2) is 55.4 Å². The Balaban J connectivity index is 1.88. The van der Waals surface area contributed by atoms with Gasteiger partial charge < -0.3 is 4.57 Å². The van der Waals surface area contributed by atoms with Crippen LogP contribution in [-0.2, 0) is 19.0 Å². The smallest absolute Gasteiger partial charge is 0.158 e. The summed E-state index contributed by atoms with van der Waals surface area (Å²) in [5, 5.41) is 4.57. The molecule has 0 spiro atoms. The maximum atomic E-state index is 6.10. The quantitative estimate of drug-likeness (QED) is 0.790. The number of imidazole rings is 1. The molecule has 3 heterocycles. The molecule has 2 aromatic heterocycles. The summed E-state index contributed by atoms with van der Waals surface area (Å²) in [6.07, 6.45) is 0. The number of hydrogen-bond acceptors (Lipinski definition) is 4. The average Bonchev–Trinajstić information content (AvgIpc) is 3.04. The number of rotatable bonds is 5. The zero-order chi connectivity index (χ0) is 14.8. The third-order valence-electron chi connectivity index (χ3n) is 4.04. The molecule has 0 aliphatic carbocycles. The summed E-state index contributed by atoms with van der Waals surface area (Å²) in [6.45, 7) is 9.36. The van der Waals surface area contributed by atoms with Crippen LogP contribution in [0.2, 0.25) is 0 Å². The van der Waals surface area contributed by atoms with Crippen molar-refractivity contribution in [1.82, 2.24) is 24.2 Å². The van der Waals surface area contributed by atoms with Gasteiger partial charge in [0, 0.05) is 44.2 Å². The van der Waals surface area contributed by atoms with E-state index >= 15 is 0 Å². The van der Waals surface area contributed by atoms with Crippen molar-refractivity contribution in [3.63, 3.8) is 0 Å². The molecular weight excluding hydrogens is 306 g/mol. The number of alkyl halides is 1. The Morgan fingerprint density at radius 2 is 2.00 bits per heavy atom. The number of aryl methyl sites for hydroxylation is 2. The monoisotopic (exact) mass is 327 g/mol. The summed E-state index contributed by atoms with van der Waals surface area (Å²) in [7, 11) is 0. The van der Waals surface area contributed by atoms with Crippen molar-refractivity contribution in [2.45, 2.75) is 32.8 Å². The second kappa shape index (κ2) is 6.58. The molecule has 2 aromatic rings. The maximum Gasteiger partial charge on any atom is 0.158 e. The summed E-state index contributed by atoms with van der Waals surface area (Å²) in [6, 6.07) is 0. The molecule has 0 bridgehead atoms. The van der Waals surface area contributed by atoms with E-state index in [0.717, 1.165) is 42.3 Å². The van der Waals surface area contributed by atoms with Gasteiger partial charge in [0.15, 0.2) is 5.65 Å². The van der Waals surface area contributed by atoms with Crippen LogP contribution in [0.25, 0.3) is 11.2 Å². The molecule has 1 saturated heterocycles. The molecule has 0 unspecified atom stereocenters. The molecular formula is C14H22ClN5S. The molecule has 3 rings (SSSR count). The fourth-order valence-electron chi connectivity index (χ4n) is 2.89. The summed E-state index contributed by atoms with van der Waals surface area (Å²) in [4.78, 5) is 7.22. The average molecular weight is 328 g/mol. The zero-order valence-electron chi connectivity index (χ0n) is 12.7. The van der Waals surface area contributed by atoms with E-state index < -0.39 is 0 Å². The fourth-order valence-corrected chi connectivity index (χ4v) is 4.08. The Morgan fingerprint density at radius 1 is 1.24 bits per heavy atom. The molecule has 1 aliphatic rings. The number of fused-ring (bicyclic) bond motifs is 1. The first-order valence-electron chi connectivity index (χ1n) is 7.53. The van der Waals surface area contributed by atoms with Gasteiger partial charge in [0.2, 0.25) is 0 Å². The minimum atomic E-state index is 0.452. The lowest BCUT2D eigenvalue weighted by Gasteiger charge is -2.26. The highest BCUT2D eigenvalue weighted by molar-refractivity contribution is 7.99. The standard InChI is InChI=1S/C14H22ClN5S/c1-3-20-14-13(11(2)17-20)16-12(10-15)19(14)5-4-18-6-8-21-9-7-18/h3-10H2,1-2H3. The van der Waals surface area contributed by atoms with Crippen molar-refractivity contribution in [3.8, 4) is 0 Å². The number of halogens is 1. The molecule has 5 nitrogen and oxygen atoms in total. The molecule has 1 fully saturated rings. The van der Waals surface area contributed by atoms with Gasteiger partial charge in [-0.05, 0) is 13.8 Å². The summed E-state index contributed by atoms with van der Waals surface area (Å²) < 4.78 is 4.30. The van der Waals surface area contributed by atoms with Crippen LogP contribution in [0.1, 0.15) is 18.4 Å². The lowest BCUT2D eigenvalue weighted by Crippen LogP contribution is -2.35. The molecule has 116 valence electrons. The molecule has 1 aliphatic heterocycles. The Kier molecular flexibility index (Phi) is 4.76. The van der Waals surface area contributed by atoms with Crippen LogP contribution in [0.3, 0.4) is 0 Å². The molecule has 0 aromatic carbocycles. The highest BCUT2D eigenvalue weighted by Crippen LogP contribution is 2.21. The normalized spacial score (nSPS) is 16.9. The van der Waals surface area contributed by atoms with Crippen LogP contribution >= 0.6 is 23.4 Å². The van der Waals surface area contributed by atoms with Crippen LogP contribution in [0.15, 0.2) is 0 Å². The van der Waals surface area contributed by atoms with Crippen molar-refractivity contribution < 1.29 is 0 Å². The SMILES string of the molecule is CCn1nc(C)c2nc(CCl)n(CCN3CCSCC3)c21. The van der Waals surface area contributed by atoms with Gasteiger partial charge in [0.05, 0.1) is 11.6 Å². The minimum absolute atomic E-state index is 0.452. The number of aromatic nitrogens is 4. The predicted molar refractivity (Wildman–Crippen MR) is 89.3 cm³/mol. The second-order valence-electron chi connectivity index (χ2n) is 5.34. The third kappa shape index (κ3) is 2.94. The molecule has 0 radical (unpaired) electrons. The van der Waals surface area contributed by atoms with Crippen LogP contribution in [0.5, 0.6) is 0 Å². The summed E-state index contributed by atoms with van der Waals surface area (Å²) in [5.41, 5.74) is 3.12. The van der Waals surface area contributed by atoms with Crippen molar-refractivity contribution in [2.75, 3.05) is 31.1 Å². The molecule has 0 atom stereocenters. The number of hydrogen-bond donors (Lipinski definition) is 0. The Morgan fingerprint density at radius 3 is 2.67 bits per heavy atom. The predicted octanol–water partition coefficient (Wildman–Crippen LogP) is 2.35. The van der Waals surface area contributed by atoms with Crippen molar-refractivity contribution >= 4 is 34.5 Å². The highest BCUT2D eigenvalue weighted by atomic mass is 35.5. The van der Waals surface area contributed by atoms with Crippen LogP contribution in [0.4, 0.5) is 0 Å². The summed E-state index contributed by atoms with van der Waals surface area (Å²) in [5.74, 6) is 3.90. The molecule has 7 heteroatoms. The first-order valence-corrected chi connectivity index (χ1v) is 9.22. The first kappa shape index (κ1) is 15.2. The number of thioether (sulfide) groups is 1. The maximum absolute atomic E-state index is 6.10. The highest BCUT2D eigenvalue weighted by Gasteiger charge is 2.18. The summed E-state index contributed by atoms with van der Waals surface area (Å²) >= 11 is 8.15. The fraction of sp³-hybridized carbons (Fsp3) is 0.714. The van der Waals surface area contributed by atoms with E-state index in [1.807, 2.05) is 23.4 Å². The zero-order valence-corrected chi connectivity index (χ0v) is 14.3. The van der Waals surface area contributed by atoms with E-state index in [1.165, 1.54) is 24.6 Å². The second-order valence-corrected chi connectivity index (χ2v) is 6.83. The van der Waals surface area contributed by atoms with Gasteiger partial charge in [-0.2, -0.15) is 16.9 Å². The van der Waals surface area contributed by atoms with Gasteiger partial charge in [-0.25, -0.2) is 9.67 Å². The van der Waals surface area contributed by atoms with E-state index in [2.05, 4.69) is 26.5 Å². The van der Waals surface area contributed by atoms with E-state index in [0.29, 0.717) is 5.88 Å². The Bertz CT molecular complexity index is 614. The van der Waals surface area contributed by atoms with Gasteiger partial charge in [-0.3, -0.25) is 4.90 Å². The van der Waals surface area contributed by atoms with E-state index in [9.17, 15) is 0 Å². The van der Waals surface area contributed by atoms with Crippen LogP contribution in [0, 0.1) is 6.92 Å². The molecule has 0 N–H and O–H groups in total. The van der Waals surface area contributed by atoms with Gasteiger partial charge in [-0.1, -0.05) is 0 Å². The van der Waals surface area contributed by atoms with Gasteiger partial charge in [0.25, 0.3) is 0 Å². The number of nitrogens with zero attached hydrogens (tertiary/aromatic N) is 5. The van der Waals surface area contributed by atoms with Crippen LogP contribution < -0.4 is 0 Å². The Hall–Kier alpha value is -0.720. The van der Waals surface area contributed by atoms with Gasteiger partial charge >= 0.3 is 0 Å². The lowest BCUT2D eigenvalue weighted by atomic mass is 10.4. The minimum Gasteiger partial charge on any atom is -0.311 e. The first-order chi connectivity index (χ1) is 10.2. The molecule has 0 amide bonds. The van der Waals surface area contributed by atoms with Gasteiger partial charge in [-0.15, -0.1) is 11.6 Å². The largest absolute Gasteiger partial charge is 0.311 e. The van der Waals surface area contributed by atoms with E-state index in [-0.39, 0.29) is 0 Å².